The monoisotopic (exact) mass is 582 g/mol. The number of anilines is 1. The average molecular weight is 583 g/mol. The number of unbranched alkanes of at least 4 members (excludes halogenated alkanes) is 4. The fraction of sp³-hybridized carbons (Fsp3) is 0.452. The smallest absolute Gasteiger partial charge is 0.264 e. The van der Waals surface area contributed by atoms with E-state index in [1.54, 1.807) is 38.1 Å². The van der Waals surface area contributed by atoms with Crippen LogP contribution in [0.5, 0.6) is 11.5 Å². The summed E-state index contributed by atoms with van der Waals surface area (Å²) in [5, 5.41) is 2.73. The quantitative estimate of drug-likeness (QED) is 0.197. The highest BCUT2D eigenvalue weighted by molar-refractivity contribution is 7.90. The summed E-state index contributed by atoms with van der Waals surface area (Å²) in [4.78, 5) is 41.0. The van der Waals surface area contributed by atoms with Crippen molar-refractivity contribution < 1.29 is 32.3 Å². The van der Waals surface area contributed by atoms with Crippen molar-refractivity contribution in [3.8, 4) is 23.3 Å². The second-order valence-corrected chi connectivity index (χ2v) is 12.1. The number of fused-ring (bicyclic) bond motifs is 1. The van der Waals surface area contributed by atoms with Crippen LogP contribution in [0.4, 0.5) is 5.69 Å². The molecule has 0 aromatic heterocycles. The molecule has 0 bridgehead atoms. The number of hydrogen-bond donors (Lipinski definition) is 1. The van der Waals surface area contributed by atoms with Gasteiger partial charge in [-0.2, -0.15) is 0 Å². The van der Waals surface area contributed by atoms with Gasteiger partial charge in [-0.1, -0.05) is 51.0 Å². The van der Waals surface area contributed by atoms with Crippen molar-refractivity contribution in [2.24, 2.45) is 0 Å². The van der Waals surface area contributed by atoms with Crippen LogP contribution in [0.1, 0.15) is 97.2 Å². The summed E-state index contributed by atoms with van der Waals surface area (Å²) in [7, 11) is -2.18. The Morgan fingerprint density at radius 2 is 1.78 bits per heavy atom. The lowest BCUT2D eigenvalue weighted by Crippen LogP contribution is -2.37. The SMILES string of the molecule is CCCCCCC#Cc1cc(NC(=O)CC)c2c(c1)C(=O)N([C@H](CS(C)(=O)=O)c1ccc(OC)c(OCC)c1)C2=O. The number of hydrogen-bond acceptors (Lipinski definition) is 7. The second-order valence-electron chi connectivity index (χ2n) is 9.89. The van der Waals surface area contributed by atoms with Crippen LogP contribution in [0.15, 0.2) is 30.3 Å². The third kappa shape index (κ3) is 7.88. The Balaban J connectivity index is 2.10. The Morgan fingerprint density at radius 1 is 1.02 bits per heavy atom. The number of carbonyl (C=O) groups is 3. The molecule has 220 valence electrons. The molecule has 1 heterocycles. The van der Waals surface area contributed by atoms with E-state index in [1.165, 1.54) is 13.2 Å². The van der Waals surface area contributed by atoms with Gasteiger partial charge < -0.3 is 14.8 Å². The van der Waals surface area contributed by atoms with Crippen LogP contribution in [0.25, 0.3) is 0 Å². The third-order valence-electron chi connectivity index (χ3n) is 6.65. The Hall–Kier alpha value is -3.84. The molecule has 2 aromatic carbocycles. The van der Waals surface area contributed by atoms with E-state index in [9.17, 15) is 22.8 Å². The van der Waals surface area contributed by atoms with Crippen LogP contribution in [-0.4, -0.2) is 56.8 Å². The number of benzene rings is 2. The molecule has 9 nitrogen and oxygen atoms in total. The molecule has 0 saturated heterocycles. The first kappa shape index (κ1) is 31.7. The molecule has 0 fully saturated rings. The number of nitrogens with one attached hydrogen (secondary N) is 1. The van der Waals surface area contributed by atoms with E-state index in [0.29, 0.717) is 35.7 Å². The summed E-state index contributed by atoms with van der Waals surface area (Å²) in [6.07, 6.45) is 6.18. The van der Waals surface area contributed by atoms with Gasteiger partial charge in [0.15, 0.2) is 11.5 Å². The van der Waals surface area contributed by atoms with Gasteiger partial charge in [-0.25, -0.2) is 8.42 Å². The lowest BCUT2D eigenvalue weighted by molar-refractivity contribution is -0.115. The first-order valence-corrected chi connectivity index (χ1v) is 15.9. The third-order valence-corrected chi connectivity index (χ3v) is 7.57. The second kappa shape index (κ2) is 14.2. The molecule has 10 heteroatoms. The van der Waals surface area contributed by atoms with Gasteiger partial charge in [-0.15, -0.1) is 0 Å². The molecule has 0 spiro atoms. The summed E-state index contributed by atoms with van der Waals surface area (Å²) in [6, 6.07) is 6.77. The molecule has 1 N–H and O–H groups in total. The van der Waals surface area contributed by atoms with Crippen molar-refractivity contribution >= 4 is 33.2 Å². The zero-order valence-electron chi connectivity index (χ0n) is 24.3. The number of amides is 3. The van der Waals surface area contributed by atoms with E-state index >= 15 is 0 Å². The Kier molecular flexibility index (Phi) is 11.0. The summed E-state index contributed by atoms with van der Waals surface area (Å²) in [5.74, 6) is 4.76. The van der Waals surface area contributed by atoms with Gasteiger partial charge in [0.2, 0.25) is 5.91 Å². The van der Waals surface area contributed by atoms with Crippen LogP contribution in [0.3, 0.4) is 0 Å². The number of sulfone groups is 1. The van der Waals surface area contributed by atoms with Crippen molar-refractivity contribution in [2.45, 2.75) is 65.3 Å². The molecule has 3 amide bonds. The van der Waals surface area contributed by atoms with Crippen molar-refractivity contribution in [3.63, 3.8) is 0 Å². The highest BCUT2D eigenvalue weighted by Crippen LogP contribution is 2.39. The molecule has 1 atom stereocenters. The van der Waals surface area contributed by atoms with Crippen LogP contribution >= 0.6 is 0 Å². The topological polar surface area (TPSA) is 119 Å². The summed E-state index contributed by atoms with van der Waals surface area (Å²) in [5.41, 5.74) is 1.13. The van der Waals surface area contributed by atoms with E-state index in [0.717, 1.165) is 36.8 Å². The van der Waals surface area contributed by atoms with Crippen LogP contribution < -0.4 is 14.8 Å². The number of ether oxygens (including phenoxy) is 2. The zero-order valence-corrected chi connectivity index (χ0v) is 25.2. The van der Waals surface area contributed by atoms with Crippen LogP contribution in [-0.2, 0) is 14.6 Å². The largest absolute Gasteiger partial charge is 0.493 e. The highest BCUT2D eigenvalue weighted by atomic mass is 32.2. The van der Waals surface area contributed by atoms with E-state index < -0.39 is 33.4 Å². The summed E-state index contributed by atoms with van der Waals surface area (Å²) >= 11 is 0. The van der Waals surface area contributed by atoms with Gasteiger partial charge in [-0.05, 0) is 43.2 Å². The molecule has 0 aliphatic carbocycles. The molecule has 2 aromatic rings. The van der Waals surface area contributed by atoms with E-state index in [4.69, 9.17) is 9.47 Å². The fourth-order valence-electron chi connectivity index (χ4n) is 4.66. The van der Waals surface area contributed by atoms with Crippen molar-refractivity contribution in [1.29, 1.82) is 0 Å². The van der Waals surface area contributed by atoms with Crippen LogP contribution in [0.2, 0.25) is 0 Å². The number of methoxy groups -OCH3 is 1. The maximum Gasteiger partial charge on any atom is 0.264 e. The molecular weight excluding hydrogens is 544 g/mol. The molecule has 0 radical (unpaired) electrons. The average Bonchev–Trinajstić information content (AvgIpc) is 3.18. The zero-order chi connectivity index (χ0) is 30.2. The first-order chi connectivity index (χ1) is 19.5. The van der Waals surface area contributed by atoms with E-state index in [2.05, 4.69) is 24.1 Å². The minimum Gasteiger partial charge on any atom is -0.493 e. The lowest BCUT2D eigenvalue weighted by atomic mass is 10.0. The van der Waals surface area contributed by atoms with Gasteiger partial charge in [0.25, 0.3) is 11.8 Å². The van der Waals surface area contributed by atoms with Gasteiger partial charge >= 0.3 is 0 Å². The minimum atomic E-state index is -3.66. The molecule has 0 saturated carbocycles. The van der Waals surface area contributed by atoms with E-state index in [1.807, 2.05) is 0 Å². The van der Waals surface area contributed by atoms with Gasteiger partial charge in [0.05, 0.1) is 42.3 Å². The minimum absolute atomic E-state index is 0.0161. The fourth-order valence-corrected chi connectivity index (χ4v) is 5.57. The standard InChI is InChI=1S/C31H38N2O7S/c1-6-9-10-11-12-13-14-21-17-23-29(24(18-21)32-28(34)7-2)31(36)33(30(23)35)25(20-41(5,37)38)22-15-16-26(39-4)27(19-22)40-8-3/h15-19,25H,6-12,20H2,1-5H3,(H,32,34)/t25-/m1/s1. The van der Waals surface area contributed by atoms with Crippen molar-refractivity contribution in [1.82, 2.24) is 4.90 Å². The number of carbonyl (C=O) groups excluding carboxylic acids is 3. The van der Waals surface area contributed by atoms with E-state index in [-0.39, 0.29) is 29.1 Å². The predicted octanol–water partition coefficient (Wildman–Crippen LogP) is 5.15. The van der Waals surface area contributed by atoms with Crippen molar-refractivity contribution in [2.75, 3.05) is 31.0 Å². The lowest BCUT2D eigenvalue weighted by Gasteiger charge is -2.27. The number of imide groups is 1. The Morgan fingerprint density at radius 3 is 2.41 bits per heavy atom. The Bertz CT molecular complexity index is 1470. The first-order valence-electron chi connectivity index (χ1n) is 13.9. The molecular formula is C31H38N2O7S. The van der Waals surface area contributed by atoms with Gasteiger partial charge in [0, 0.05) is 24.7 Å². The number of rotatable bonds is 13. The molecule has 1 aliphatic rings. The Labute approximate surface area is 242 Å². The molecule has 0 unspecified atom stereocenters. The molecule has 3 rings (SSSR count). The van der Waals surface area contributed by atoms with Crippen LogP contribution in [0, 0.1) is 11.8 Å². The molecule has 41 heavy (non-hydrogen) atoms. The normalized spacial score (nSPS) is 13.3. The molecule has 1 aliphatic heterocycles. The number of nitrogens with zero attached hydrogens (tertiary/aromatic N) is 1. The maximum absolute atomic E-state index is 13.9. The predicted molar refractivity (Wildman–Crippen MR) is 158 cm³/mol. The summed E-state index contributed by atoms with van der Waals surface area (Å²) in [6.45, 7) is 5.93. The van der Waals surface area contributed by atoms with Gasteiger partial charge in [0.1, 0.15) is 9.84 Å². The van der Waals surface area contributed by atoms with Crippen molar-refractivity contribution in [3.05, 3.63) is 52.6 Å². The van der Waals surface area contributed by atoms with Gasteiger partial charge in [-0.3, -0.25) is 19.3 Å². The highest BCUT2D eigenvalue weighted by Gasteiger charge is 2.44. The summed E-state index contributed by atoms with van der Waals surface area (Å²) < 4.78 is 36.1. The maximum atomic E-state index is 13.9.